The van der Waals surface area contributed by atoms with E-state index in [2.05, 4.69) is 44.1 Å². The zero-order valence-corrected chi connectivity index (χ0v) is 22.6. The standard InChI is InChI=1S/C23H28N10O3S2/c1-15(2)33-19-11-21(26-13-18(19)23(30-33)31-7-9-37(24,34)10-8-31)28-20-5-6-25-22(29-20)16-12-27-32(14-16)38(35,36)17-3-4-17/h5-6,11-15,17,24H,3-4,7-10H2,1-2H3,(H,25,26,28,29). The Kier molecular flexibility index (Phi) is 5.86. The lowest BCUT2D eigenvalue weighted by atomic mass is 10.2. The Morgan fingerprint density at radius 3 is 2.61 bits per heavy atom. The molecule has 2 N–H and O–H groups in total. The molecule has 2 fully saturated rings. The number of anilines is 3. The van der Waals surface area contributed by atoms with Crippen molar-refractivity contribution in [2.75, 3.05) is 34.8 Å². The van der Waals surface area contributed by atoms with E-state index in [1.807, 2.05) is 10.7 Å². The molecular weight excluding hydrogens is 528 g/mol. The Bertz CT molecular complexity index is 1730. The Labute approximate surface area is 220 Å². The molecule has 38 heavy (non-hydrogen) atoms. The molecule has 0 aromatic carbocycles. The van der Waals surface area contributed by atoms with Gasteiger partial charge in [-0.3, -0.25) is 9.46 Å². The van der Waals surface area contributed by atoms with Crippen molar-refractivity contribution in [1.29, 1.82) is 4.78 Å². The molecule has 6 rings (SSSR count). The molecule has 13 nitrogen and oxygen atoms in total. The third-order valence-corrected chi connectivity index (χ3v) is 10.4. The Morgan fingerprint density at radius 1 is 1.13 bits per heavy atom. The highest BCUT2D eigenvalue weighted by Crippen LogP contribution is 2.32. The second kappa shape index (κ2) is 9.01. The summed E-state index contributed by atoms with van der Waals surface area (Å²) < 4.78 is 47.9. The second-order valence-electron chi connectivity index (χ2n) is 9.89. The molecule has 1 aliphatic heterocycles. The number of pyridine rings is 1. The van der Waals surface area contributed by atoms with Gasteiger partial charge in [-0.25, -0.2) is 27.6 Å². The summed E-state index contributed by atoms with van der Waals surface area (Å²) >= 11 is 0. The minimum Gasteiger partial charge on any atom is -0.353 e. The van der Waals surface area contributed by atoms with Crippen LogP contribution in [0.25, 0.3) is 22.3 Å². The first-order valence-electron chi connectivity index (χ1n) is 12.4. The lowest BCUT2D eigenvalue weighted by Gasteiger charge is -2.28. The summed E-state index contributed by atoms with van der Waals surface area (Å²) in [7, 11) is -5.97. The SMILES string of the molecule is CC(C)n1nc(N2CCS(=N)(=O)CC2)c2cnc(Nc3ccnc(-c4cnn(S(=O)(=O)C5CC5)c4)n3)cc21. The molecule has 0 bridgehead atoms. The van der Waals surface area contributed by atoms with Crippen LogP contribution in [0.3, 0.4) is 0 Å². The number of nitrogens with zero attached hydrogens (tertiary/aromatic N) is 8. The minimum atomic E-state index is -3.47. The van der Waals surface area contributed by atoms with Gasteiger partial charge in [0.2, 0.25) is 0 Å². The summed E-state index contributed by atoms with van der Waals surface area (Å²) in [6, 6.07) is 3.71. The zero-order chi connectivity index (χ0) is 26.7. The molecule has 5 heterocycles. The number of hydrogen-bond donors (Lipinski definition) is 2. The van der Waals surface area contributed by atoms with E-state index >= 15 is 0 Å². The maximum Gasteiger partial charge on any atom is 0.256 e. The summed E-state index contributed by atoms with van der Waals surface area (Å²) in [4.78, 5) is 15.5. The van der Waals surface area contributed by atoms with Crippen LogP contribution in [-0.4, -0.2) is 76.4 Å². The minimum absolute atomic E-state index is 0.0980. The molecule has 1 aliphatic carbocycles. The average molecular weight is 557 g/mol. The van der Waals surface area contributed by atoms with Gasteiger partial charge in [-0.05, 0) is 32.8 Å². The fourth-order valence-electron chi connectivity index (χ4n) is 4.43. The van der Waals surface area contributed by atoms with Crippen molar-refractivity contribution in [1.82, 2.24) is 33.9 Å². The first-order chi connectivity index (χ1) is 18.1. The monoisotopic (exact) mass is 556 g/mol. The van der Waals surface area contributed by atoms with E-state index < -0.39 is 19.8 Å². The van der Waals surface area contributed by atoms with E-state index in [1.165, 1.54) is 12.4 Å². The van der Waals surface area contributed by atoms with Gasteiger partial charge in [-0.1, -0.05) is 0 Å². The molecular formula is C23H28N10O3S2. The average Bonchev–Trinajstić information content (AvgIpc) is 3.50. The first kappa shape index (κ1) is 24.7. The molecule has 1 saturated heterocycles. The van der Waals surface area contributed by atoms with E-state index in [-0.39, 0.29) is 11.3 Å². The zero-order valence-electron chi connectivity index (χ0n) is 21.0. The van der Waals surface area contributed by atoms with Gasteiger partial charge in [0.05, 0.1) is 34.1 Å². The van der Waals surface area contributed by atoms with Crippen molar-refractivity contribution in [3.05, 3.63) is 36.9 Å². The van der Waals surface area contributed by atoms with Crippen LogP contribution in [0.4, 0.5) is 17.5 Å². The van der Waals surface area contributed by atoms with Crippen molar-refractivity contribution in [2.45, 2.75) is 38.0 Å². The quantitative estimate of drug-likeness (QED) is 0.346. The summed E-state index contributed by atoms with van der Waals surface area (Å²) in [5.74, 6) is 2.85. The molecule has 4 aromatic rings. The van der Waals surface area contributed by atoms with E-state index in [4.69, 9.17) is 9.88 Å². The number of hydrogen-bond acceptors (Lipinski definition) is 11. The summed E-state index contributed by atoms with van der Waals surface area (Å²) in [6.45, 7) is 5.15. The highest BCUT2D eigenvalue weighted by Gasteiger charge is 2.37. The summed E-state index contributed by atoms with van der Waals surface area (Å²) in [5, 5.41) is 12.6. The summed E-state index contributed by atoms with van der Waals surface area (Å²) in [5.41, 5.74) is 1.40. The molecule has 0 radical (unpaired) electrons. The van der Waals surface area contributed by atoms with Gasteiger partial charge in [0.25, 0.3) is 10.0 Å². The topological polar surface area (TPSA) is 165 Å². The van der Waals surface area contributed by atoms with E-state index in [0.717, 1.165) is 20.8 Å². The van der Waals surface area contributed by atoms with Gasteiger partial charge < -0.3 is 10.2 Å². The lowest BCUT2D eigenvalue weighted by Crippen LogP contribution is -2.40. The number of aromatic nitrogens is 7. The Hall–Kier alpha value is -3.59. The Morgan fingerprint density at radius 2 is 1.89 bits per heavy atom. The molecule has 200 valence electrons. The smallest absolute Gasteiger partial charge is 0.256 e. The fraction of sp³-hybridized carbons (Fsp3) is 0.435. The van der Waals surface area contributed by atoms with Crippen LogP contribution in [0.2, 0.25) is 0 Å². The molecule has 2 aliphatic rings. The van der Waals surface area contributed by atoms with Crippen molar-refractivity contribution in [3.8, 4) is 11.4 Å². The largest absolute Gasteiger partial charge is 0.353 e. The van der Waals surface area contributed by atoms with Crippen LogP contribution < -0.4 is 10.2 Å². The molecule has 0 unspecified atom stereocenters. The number of fused-ring (bicyclic) bond motifs is 1. The maximum atomic E-state index is 12.5. The van der Waals surface area contributed by atoms with Crippen LogP contribution >= 0.6 is 0 Å². The Balaban J connectivity index is 1.28. The molecule has 1 saturated carbocycles. The number of rotatable bonds is 7. The van der Waals surface area contributed by atoms with E-state index in [0.29, 0.717) is 60.5 Å². The summed E-state index contributed by atoms with van der Waals surface area (Å²) in [6.07, 6.45) is 7.57. The van der Waals surface area contributed by atoms with Crippen LogP contribution in [0.5, 0.6) is 0 Å². The molecule has 15 heteroatoms. The predicted molar refractivity (Wildman–Crippen MR) is 145 cm³/mol. The van der Waals surface area contributed by atoms with Gasteiger partial charge in [0, 0.05) is 58.8 Å². The van der Waals surface area contributed by atoms with Crippen molar-refractivity contribution in [2.24, 2.45) is 0 Å². The third kappa shape index (κ3) is 4.60. The second-order valence-corrected chi connectivity index (χ2v) is 14.4. The third-order valence-electron chi connectivity index (χ3n) is 6.68. The molecule has 4 aromatic heterocycles. The fourth-order valence-corrected chi connectivity index (χ4v) is 7.14. The van der Waals surface area contributed by atoms with Crippen LogP contribution in [0.15, 0.2) is 36.9 Å². The molecule has 0 atom stereocenters. The highest BCUT2D eigenvalue weighted by atomic mass is 32.2. The first-order valence-corrected chi connectivity index (χ1v) is 15.8. The predicted octanol–water partition coefficient (Wildman–Crippen LogP) is 2.62. The van der Waals surface area contributed by atoms with Crippen LogP contribution in [-0.2, 0) is 19.8 Å². The lowest BCUT2D eigenvalue weighted by molar-refractivity contribution is 0.548. The van der Waals surface area contributed by atoms with Crippen molar-refractivity contribution < 1.29 is 12.6 Å². The van der Waals surface area contributed by atoms with Gasteiger partial charge in [0.1, 0.15) is 11.6 Å². The van der Waals surface area contributed by atoms with Gasteiger partial charge in [-0.2, -0.15) is 14.3 Å². The van der Waals surface area contributed by atoms with E-state index in [9.17, 15) is 12.6 Å². The normalized spacial score (nSPS) is 17.8. The maximum absolute atomic E-state index is 12.5. The van der Waals surface area contributed by atoms with Crippen LogP contribution in [0.1, 0.15) is 32.7 Å². The molecule has 0 amide bonds. The van der Waals surface area contributed by atoms with Crippen molar-refractivity contribution >= 4 is 48.1 Å². The van der Waals surface area contributed by atoms with E-state index in [1.54, 1.807) is 18.5 Å². The molecule has 0 spiro atoms. The van der Waals surface area contributed by atoms with Gasteiger partial charge in [-0.15, -0.1) is 0 Å². The van der Waals surface area contributed by atoms with Gasteiger partial charge >= 0.3 is 0 Å². The van der Waals surface area contributed by atoms with Gasteiger partial charge in [0.15, 0.2) is 11.6 Å². The number of nitrogens with one attached hydrogen (secondary N) is 2. The van der Waals surface area contributed by atoms with Crippen LogP contribution in [0, 0.1) is 4.78 Å². The highest BCUT2D eigenvalue weighted by molar-refractivity contribution is 7.92. The van der Waals surface area contributed by atoms with Crippen molar-refractivity contribution in [3.63, 3.8) is 0 Å².